The molecule has 0 aliphatic heterocycles. The van der Waals surface area contributed by atoms with Crippen molar-refractivity contribution in [1.82, 2.24) is 5.32 Å². The normalized spacial score (nSPS) is 24.6. The highest BCUT2D eigenvalue weighted by molar-refractivity contribution is 5.29. The second-order valence-corrected chi connectivity index (χ2v) is 6.44. The van der Waals surface area contributed by atoms with Crippen LogP contribution >= 0.6 is 0 Å². The Morgan fingerprint density at radius 3 is 2.38 bits per heavy atom. The van der Waals surface area contributed by atoms with Crippen molar-refractivity contribution in [1.29, 1.82) is 0 Å². The first-order valence-corrected chi connectivity index (χ1v) is 8.27. The lowest BCUT2D eigenvalue weighted by Crippen LogP contribution is -2.40. The number of benzene rings is 1. The van der Waals surface area contributed by atoms with Gasteiger partial charge in [0.15, 0.2) is 0 Å². The Labute approximate surface area is 128 Å². The smallest absolute Gasteiger partial charge is 0.119 e. The minimum Gasteiger partial charge on any atom is -0.491 e. The fourth-order valence-electron chi connectivity index (χ4n) is 3.01. The molecule has 1 aliphatic rings. The molecule has 0 aromatic heterocycles. The first-order chi connectivity index (χ1) is 10.1. The molecule has 0 bridgehead atoms. The predicted molar refractivity (Wildman–Crippen MR) is 86.6 cm³/mol. The number of nitrogens with one attached hydrogen (secondary N) is 1. The number of hydrogen-bond acceptors (Lipinski definition) is 3. The van der Waals surface area contributed by atoms with Gasteiger partial charge in [-0.05, 0) is 51.3 Å². The van der Waals surface area contributed by atoms with Crippen LogP contribution in [-0.4, -0.2) is 23.4 Å². The molecule has 0 spiro atoms. The van der Waals surface area contributed by atoms with Crippen LogP contribution in [0.4, 0.5) is 0 Å². The van der Waals surface area contributed by atoms with Crippen LogP contribution in [0.15, 0.2) is 24.3 Å². The van der Waals surface area contributed by atoms with Gasteiger partial charge >= 0.3 is 0 Å². The average molecular weight is 291 g/mol. The zero-order valence-corrected chi connectivity index (χ0v) is 13.5. The molecule has 118 valence electrons. The summed E-state index contributed by atoms with van der Waals surface area (Å²) in [7, 11) is 0. The molecule has 21 heavy (non-hydrogen) atoms. The Kier molecular flexibility index (Phi) is 6.07. The second kappa shape index (κ2) is 7.81. The molecule has 1 fully saturated rings. The van der Waals surface area contributed by atoms with E-state index in [1.54, 1.807) is 0 Å². The van der Waals surface area contributed by atoms with Crippen LogP contribution in [0.1, 0.15) is 64.5 Å². The van der Waals surface area contributed by atoms with E-state index in [0.717, 1.165) is 25.0 Å². The van der Waals surface area contributed by atoms with Crippen molar-refractivity contribution in [2.24, 2.45) is 0 Å². The van der Waals surface area contributed by atoms with E-state index in [-0.39, 0.29) is 24.3 Å². The zero-order valence-electron chi connectivity index (χ0n) is 13.5. The van der Waals surface area contributed by atoms with Gasteiger partial charge in [-0.2, -0.15) is 0 Å². The molecule has 2 N–H and O–H groups in total. The fraction of sp³-hybridized carbons (Fsp3) is 0.667. The van der Waals surface area contributed by atoms with Gasteiger partial charge in [0.1, 0.15) is 5.75 Å². The van der Waals surface area contributed by atoms with E-state index >= 15 is 0 Å². The summed E-state index contributed by atoms with van der Waals surface area (Å²) in [5.41, 5.74) is 1.24. The summed E-state index contributed by atoms with van der Waals surface area (Å²) < 4.78 is 5.67. The zero-order chi connectivity index (χ0) is 15.2. The maximum absolute atomic E-state index is 10.2. The van der Waals surface area contributed by atoms with Gasteiger partial charge in [-0.25, -0.2) is 0 Å². The molecule has 3 atom stereocenters. The molecule has 0 saturated heterocycles. The van der Waals surface area contributed by atoms with Crippen molar-refractivity contribution in [3.8, 4) is 5.75 Å². The minimum absolute atomic E-state index is 0.201. The molecule has 0 radical (unpaired) electrons. The van der Waals surface area contributed by atoms with Crippen molar-refractivity contribution in [3.05, 3.63) is 29.8 Å². The summed E-state index contributed by atoms with van der Waals surface area (Å²) in [4.78, 5) is 0. The first kappa shape index (κ1) is 16.3. The van der Waals surface area contributed by atoms with Crippen molar-refractivity contribution < 1.29 is 9.84 Å². The lowest BCUT2D eigenvalue weighted by atomic mass is 10.0. The van der Waals surface area contributed by atoms with Crippen molar-refractivity contribution in [2.75, 3.05) is 0 Å². The molecule has 1 aromatic carbocycles. The number of aliphatic hydroxyl groups is 1. The minimum atomic E-state index is -0.210. The van der Waals surface area contributed by atoms with Gasteiger partial charge in [0.25, 0.3) is 0 Å². The van der Waals surface area contributed by atoms with Crippen molar-refractivity contribution in [3.63, 3.8) is 0 Å². The van der Waals surface area contributed by atoms with E-state index in [1.807, 2.05) is 26.0 Å². The van der Waals surface area contributed by atoms with Crippen LogP contribution in [0.3, 0.4) is 0 Å². The van der Waals surface area contributed by atoms with Crippen LogP contribution < -0.4 is 10.1 Å². The Bertz CT molecular complexity index is 416. The molecule has 0 heterocycles. The standard InChI is InChI=1S/C18H29NO2/c1-13(2)21-16-11-9-15(10-12-16)14(3)19-17-7-5-4-6-8-18(17)20/h9-14,17-20H,4-8H2,1-3H3. The Hall–Kier alpha value is -1.06. The number of hydrogen-bond donors (Lipinski definition) is 2. The maximum atomic E-state index is 10.2. The maximum Gasteiger partial charge on any atom is 0.119 e. The molecule has 3 nitrogen and oxygen atoms in total. The van der Waals surface area contributed by atoms with Gasteiger partial charge in [-0.3, -0.25) is 0 Å². The topological polar surface area (TPSA) is 41.5 Å². The molecular weight excluding hydrogens is 262 g/mol. The SMILES string of the molecule is CC(C)Oc1ccc(C(C)NC2CCCCCC2O)cc1. The highest BCUT2D eigenvalue weighted by Gasteiger charge is 2.23. The molecule has 3 unspecified atom stereocenters. The highest BCUT2D eigenvalue weighted by Crippen LogP contribution is 2.23. The molecule has 1 aromatic rings. The fourth-order valence-corrected chi connectivity index (χ4v) is 3.01. The van der Waals surface area contributed by atoms with Crippen LogP contribution in [-0.2, 0) is 0 Å². The van der Waals surface area contributed by atoms with Crippen LogP contribution in [0.2, 0.25) is 0 Å². The lowest BCUT2D eigenvalue weighted by Gasteiger charge is -2.26. The molecule has 3 heteroatoms. The van der Waals surface area contributed by atoms with E-state index in [4.69, 9.17) is 4.74 Å². The number of ether oxygens (including phenoxy) is 1. The van der Waals surface area contributed by atoms with Crippen molar-refractivity contribution in [2.45, 2.75) is 77.2 Å². The van der Waals surface area contributed by atoms with Crippen LogP contribution in [0.5, 0.6) is 5.75 Å². The van der Waals surface area contributed by atoms with E-state index in [0.29, 0.717) is 0 Å². The van der Waals surface area contributed by atoms with E-state index in [2.05, 4.69) is 24.4 Å². The van der Waals surface area contributed by atoms with Gasteiger partial charge in [-0.15, -0.1) is 0 Å². The predicted octanol–water partition coefficient (Wildman–Crippen LogP) is 3.82. The summed E-state index contributed by atoms with van der Waals surface area (Å²) >= 11 is 0. The van der Waals surface area contributed by atoms with Gasteiger partial charge in [0, 0.05) is 12.1 Å². The third-order valence-electron chi connectivity index (χ3n) is 4.20. The quantitative estimate of drug-likeness (QED) is 0.810. The third kappa shape index (κ3) is 5.01. The first-order valence-electron chi connectivity index (χ1n) is 8.27. The second-order valence-electron chi connectivity index (χ2n) is 6.44. The summed E-state index contributed by atoms with van der Waals surface area (Å²) in [5.74, 6) is 0.912. The lowest BCUT2D eigenvalue weighted by molar-refractivity contribution is 0.115. The van der Waals surface area contributed by atoms with E-state index < -0.39 is 0 Å². The van der Waals surface area contributed by atoms with Gasteiger partial charge < -0.3 is 15.2 Å². The van der Waals surface area contributed by atoms with Crippen molar-refractivity contribution >= 4 is 0 Å². The molecule has 1 aliphatic carbocycles. The number of rotatable bonds is 5. The van der Waals surface area contributed by atoms with E-state index in [1.165, 1.54) is 18.4 Å². The van der Waals surface area contributed by atoms with Gasteiger partial charge in [0.2, 0.25) is 0 Å². The van der Waals surface area contributed by atoms with Crippen LogP contribution in [0.25, 0.3) is 0 Å². The molecule has 1 saturated carbocycles. The Morgan fingerprint density at radius 1 is 1.05 bits per heavy atom. The third-order valence-corrected chi connectivity index (χ3v) is 4.20. The monoisotopic (exact) mass is 291 g/mol. The summed E-state index contributed by atoms with van der Waals surface area (Å²) in [6.07, 6.45) is 5.58. The van der Waals surface area contributed by atoms with Gasteiger partial charge in [0.05, 0.1) is 12.2 Å². The molecular formula is C18H29NO2. The average Bonchev–Trinajstić information content (AvgIpc) is 2.64. The summed E-state index contributed by atoms with van der Waals surface area (Å²) in [5, 5.41) is 13.8. The van der Waals surface area contributed by atoms with E-state index in [9.17, 15) is 5.11 Å². The number of aliphatic hydroxyl groups excluding tert-OH is 1. The summed E-state index contributed by atoms with van der Waals surface area (Å²) in [6.45, 7) is 6.23. The largest absolute Gasteiger partial charge is 0.491 e. The summed E-state index contributed by atoms with van der Waals surface area (Å²) in [6, 6.07) is 8.73. The molecule has 0 amide bonds. The molecule has 2 rings (SSSR count). The van der Waals surface area contributed by atoms with Crippen LogP contribution in [0, 0.1) is 0 Å². The van der Waals surface area contributed by atoms with Gasteiger partial charge in [-0.1, -0.05) is 31.4 Å². The highest BCUT2D eigenvalue weighted by atomic mass is 16.5. The Balaban J connectivity index is 1.94. The Morgan fingerprint density at radius 2 is 1.71 bits per heavy atom.